The lowest BCUT2D eigenvalue weighted by molar-refractivity contribution is -0.0816. The number of guanidine groups is 1. The number of nitrogens with one attached hydrogen (secondary N) is 1. The largest absolute Gasteiger partial charge is 0.375 e. The number of halogens is 1. The van der Waals surface area contributed by atoms with E-state index < -0.39 is 0 Å². The number of hydrogen-bond acceptors (Lipinski definition) is 3. The van der Waals surface area contributed by atoms with Crippen molar-refractivity contribution >= 4 is 29.9 Å². The maximum Gasteiger partial charge on any atom is 0.193 e. The van der Waals surface area contributed by atoms with E-state index in [1.54, 1.807) is 0 Å². The molecule has 2 unspecified atom stereocenters. The van der Waals surface area contributed by atoms with Crippen molar-refractivity contribution in [3.05, 3.63) is 0 Å². The lowest BCUT2D eigenvalue weighted by atomic mass is 9.86. The fourth-order valence-corrected chi connectivity index (χ4v) is 4.39. The average Bonchev–Trinajstić information content (AvgIpc) is 3.18. The van der Waals surface area contributed by atoms with Gasteiger partial charge in [0.1, 0.15) is 6.10 Å². The molecule has 25 heavy (non-hydrogen) atoms. The minimum absolute atomic E-state index is 0. The summed E-state index contributed by atoms with van der Waals surface area (Å²) in [5.74, 6) is 2.00. The predicted molar refractivity (Wildman–Crippen MR) is 113 cm³/mol. The van der Waals surface area contributed by atoms with E-state index in [9.17, 15) is 0 Å². The Balaban J connectivity index is 0.00000225. The number of ether oxygens (including phenoxy) is 2. The summed E-state index contributed by atoms with van der Waals surface area (Å²) in [5.41, 5.74) is 0. The summed E-state index contributed by atoms with van der Waals surface area (Å²) >= 11 is 0. The normalized spacial score (nSPS) is 28.7. The molecule has 2 aliphatic heterocycles. The van der Waals surface area contributed by atoms with Crippen LogP contribution >= 0.6 is 24.0 Å². The topological polar surface area (TPSA) is 46.1 Å². The Kier molecular flexibility index (Phi) is 9.84. The molecule has 2 heterocycles. The van der Waals surface area contributed by atoms with Crippen LogP contribution in [0.4, 0.5) is 0 Å². The summed E-state index contributed by atoms with van der Waals surface area (Å²) in [6.07, 6.45) is 12.6. The molecule has 3 fully saturated rings. The van der Waals surface area contributed by atoms with E-state index in [-0.39, 0.29) is 36.2 Å². The highest BCUT2D eigenvalue weighted by atomic mass is 127. The number of hydrogen-bond donors (Lipinski definition) is 1. The summed E-state index contributed by atoms with van der Waals surface area (Å²) in [6.45, 7) is 4.51. The van der Waals surface area contributed by atoms with Gasteiger partial charge >= 0.3 is 0 Å². The summed E-state index contributed by atoms with van der Waals surface area (Å²) in [4.78, 5) is 6.84. The van der Waals surface area contributed by atoms with E-state index in [4.69, 9.17) is 9.47 Å². The first kappa shape index (κ1) is 21.2. The molecule has 0 radical (unpaired) electrons. The maximum absolute atomic E-state index is 5.94. The van der Waals surface area contributed by atoms with Gasteiger partial charge < -0.3 is 19.7 Å². The predicted octanol–water partition coefficient (Wildman–Crippen LogP) is 3.42. The number of morpholine rings is 1. The molecule has 0 aromatic carbocycles. The van der Waals surface area contributed by atoms with Gasteiger partial charge in [-0.2, -0.15) is 0 Å². The first-order valence-corrected chi connectivity index (χ1v) is 10.1. The van der Waals surface area contributed by atoms with Crippen molar-refractivity contribution < 1.29 is 9.47 Å². The van der Waals surface area contributed by atoms with Crippen LogP contribution in [0.25, 0.3) is 0 Å². The zero-order valence-corrected chi connectivity index (χ0v) is 18.1. The summed E-state index contributed by atoms with van der Waals surface area (Å²) in [6, 6.07) is 0. The van der Waals surface area contributed by atoms with Crippen molar-refractivity contribution in [1.82, 2.24) is 10.2 Å². The van der Waals surface area contributed by atoms with Crippen LogP contribution < -0.4 is 5.32 Å². The molecule has 0 amide bonds. The fourth-order valence-electron chi connectivity index (χ4n) is 4.39. The molecule has 6 heteroatoms. The quantitative estimate of drug-likeness (QED) is 0.293. The third-order valence-electron chi connectivity index (χ3n) is 5.78. The first-order chi connectivity index (χ1) is 11.9. The molecule has 1 saturated carbocycles. The van der Waals surface area contributed by atoms with Crippen molar-refractivity contribution in [3.63, 3.8) is 0 Å². The van der Waals surface area contributed by atoms with Gasteiger partial charge in [0.2, 0.25) is 0 Å². The smallest absolute Gasteiger partial charge is 0.193 e. The van der Waals surface area contributed by atoms with Gasteiger partial charge in [0, 0.05) is 33.3 Å². The first-order valence-electron chi connectivity index (χ1n) is 10.1. The van der Waals surface area contributed by atoms with Crippen molar-refractivity contribution in [3.8, 4) is 0 Å². The molecular formula is C19H36IN3O2. The Morgan fingerprint density at radius 3 is 2.56 bits per heavy atom. The standard InChI is InChI=1S/C19H35N3O2.HI/c1-20-19(21-11-5-9-16-7-3-2-4-8-16)22-12-14-24-18(15-22)17-10-6-13-23-17;/h16-18H,2-15H2,1H3,(H,20,21);1H. The summed E-state index contributed by atoms with van der Waals surface area (Å²) < 4.78 is 11.8. The van der Waals surface area contributed by atoms with Gasteiger partial charge in [0.05, 0.1) is 12.7 Å². The molecule has 0 bridgehead atoms. The second-order valence-corrected chi connectivity index (χ2v) is 7.53. The van der Waals surface area contributed by atoms with E-state index >= 15 is 0 Å². The SMILES string of the molecule is CN=C(NCCCC1CCCCC1)N1CCOC(C2CCCO2)C1.I. The van der Waals surface area contributed by atoms with Gasteiger partial charge in [-0.15, -0.1) is 24.0 Å². The van der Waals surface area contributed by atoms with Crippen LogP contribution in [0.15, 0.2) is 4.99 Å². The minimum atomic E-state index is 0. The van der Waals surface area contributed by atoms with Crippen LogP contribution in [-0.2, 0) is 9.47 Å². The van der Waals surface area contributed by atoms with Crippen molar-refractivity contribution in [2.24, 2.45) is 10.9 Å². The molecule has 2 atom stereocenters. The van der Waals surface area contributed by atoms with Crippen molar-refractivity contribution in [2.75, 3.05) is 39.9 Å². The minimum Gasteiger partial charge on any atom is -0.375 e. The number of aliphatic imine (C=N–C) groups is 1. The monoisotopic (exact) mass is 465 g/mol. The zero-order valence-electron chi connectivity index (χ0n) is 15.8. The van der Waals surface area contributed by atoms with Gasteiger partial charge in [0.25, 0.3) is 0 Å². The van der Waals surface area contributed by atoms with Gasteiger partial charge in [-0.3, -0.25) is 4.99 Å². The van der Waals surface area contributed by atoms with E-state index in [1.165, 1.54) is 51.4 Å². The van der Waals surface area contributed by atoms with Crippen LogP contribution in [0.3, 0.4) is 0 Å². The van der Waals surface area contributed by atoms with Crippen LogP contribution in [0.2, 0.25) is 0 Å². The summed E-state index contributed by atoms with van der Waals surface area (Å²) in [5, 5.41) is 3.57. The Labute approximate surface area is 170 Å². The van der Waals surface area contributed by atoms with E-state index in [2.05, 4.69) is 15.2 Å². The molecule has 1 aliphatic carbocycles. The van der Waals surface area contributed by atoms with Crippen LogP contribution in [-0.4, -0.2) is 63.0 Å². The average molecular weight is 465 g/mol. The highest BCUT2D eigenvalue weighted by molar-refractivity contribution is 14.0. The number of nitrogens with zero attached hydrogens (tertiary/aromatic N) is 2. The Hall–Kier alpha value is -0.0800. The van der Waals surface area contributed by atoms with E-state index in [0.717, 1.165) is 51.1 Å². The highest BCUT2D eigenvalue weighted by Gasteiger charge is 2.32. The third-order valence-corrected chi connectivity index (χ3v) is 5.78. The van der Waals surface area contributed by atoms with E-state index in [0.29, 0.717) is 0 Å². The van der Waals surface area contributed by atoms with Gasteiger partial charge in [-0.05, 0) is 31.6 Å². The Morgan fingerprint density at radius 2 is 1.84 bits per heavy atom. The summed E-state index contributed by atoms with van der Waals surface area (Å²) in [7, 11) is 1.89. The molecule has 3 rings (SSSR count). The molecule has 0 spiro atoms. The molecular weight excluding hydrogens is 429 g/mol. The number of rotatable bonds is 5. The lowest BCUT2D eigenvalue weighted by Gasteiger charge is -2.37. The van der Waals surface area contributed by atoms with Gasteiger partial charge in [-0.25, -0.2) is 0 Å². The van der Waals surface area contributed by atoms with Crippen LogP contribution in [0.5, 0.6) is 0 Å². The van der Waals surface area contributed by atoms with Gasteiger partial charge in [0.15, 0.2) is 5.96 Å². The molecule has 2 saturated heterocycles. The fraction of sp³-hybridized carbons (Fsp3) is 0.947. The second-order valence-electron chi connectivity index (χ2n) is 7.53. The van der Waals surface area contributed by atoms with Crippen molar-refractivity contribution in [1.29, 1.82) is 0 Å². The van der Waals surface area contributed by atoms with Crippen LogP contribution in [0, 0.1) is 5.92 Å². The molecule has 1 N–H and O–H groups in total. The van der Waals surface area contributed by atoms with E-state index in [1.807, 2.05) is 7.05 Å². The van der Waals surface area contributed by atoms with Crippen molar-refractivity contribution in [2.45, 2.75) is 70.0 Å². The van der Waals surface area contributed by atoms with Gasteiger partial charge in [-0.1, -0.05) is 32.1 Å². The molecule has 3 aliphatic rings. The molecule has 0 aromatic heterocycles. The molecule has 146 valence electrons. The maximum atomic E-state index is 5.94. The Morgan fingerprint density at radius 1 is 1.04 bits per heavy atom. The lowest BCUT2D eigenvalue weighted by Crippen LogP contribution is -2.53. The van der Waals surface area contributed by atoms with Crippen LogP contribution in [0.1, 0.15) is 57.8 Å². The molecule has 5 nitrogen and oxygen atoms in total. The molecule has 0 aromatic rings. The second kappa shape index (κ2) is 11.6. The Bertz CT molecular complexity index is 396. The third kappa shape index (κ3) is 6.54. The zero-order chi connectivity index (χ0) is 16.6. The highest BCUT2D eigenvalue weighted by Crippen LogP contribution is 2.27.